The molecule has 2 nitrogen and oxygen atoms in total. The van der Waals surface area contributed by atoms with Crippen molar-refractivity contribution in [3.63, 3.8) is 0 Å². The second-order valence-electron chi connectivity index (χ2n) is 4.97. The van der Waals surface area contributed by atoms with Gasteiger partial charge < -0.3 is 5.73 Å². The van der Waals surface area contributed by atoms with Crippen LogP contribution in [0.5, 0.6) is 0 Å². The van der Waals surface area contributed by atoms with Crippen molar-refractivity contribution in [2.24, 2.45) is 0 Å². The summed E-state index contributed by atoms with van der Waals surface area (Å²) in [4.78, 5) is 2.48. The molecule has 0 fully saturated rings. The maximum absolute atomic E-state index is 5.82. The third-order valence-corrected chi connectivity index (χ3v) is 3.57. The van der Waals surface area contributed by atoms with Gasteiger partial charge in [-0.05, 0) is 35.2 Å². The molecule has 0 aromatic heterocycles. The highest BCUT2D eigenvalue weighted by Gasteiger charge is 2.15. The standard InChI is InChI=1S/C16H18N2/c17-16-7-3-4-13(10-16)11-18-9-8-14-5-1-2-6-15(14)12-18/h1-7,10H,8-9,11-12,17H2. The molecule has 3 rings (SSSR count). The van der Waals surface area contributed by atoms with Gasteiger partial charge in [-0.1, -0.05) is 36.4 Å². The molecule has 2 heteroatoms. The van der Waals surface area contributed by atoms with Crippen molar-refractivity contribution in [3.8, 4) is 0 Å². The van der Waals surface area contributed by atoms with E-state index >= 15 is 0 Å². The lowest BCUT2D eigenvalue weighted by atomic mass is 9.99. The summed E-state index contributed by atoms with van der Waals surface area (Å²) in [5, 5.41) is 0. The van der Waals surface area contributed by atoms with Crippen LogP contribution in [-0.4, -0.2) is 11.4 Å². The number of rotatable bonds is 2. The zero-order chi connectivity index (χ0) is 12.4. The van der Waals surface area contributed by atoms with Gasteiger partial charge in [-0.25, -0.2) is 0 Å². The normalized spacial score (nSPS) is 15.3. The number of benzene rings is 2. The van der Waals surface area contributed by atoms with Crippen LogP contribution in [0.1, 0.15) is 16.7 Å². The summed E-state index contributed by atoms with van der Waals surface area (Å²) >= 11 is 0. The predicted molar refractivity (Wildman–Crippen MR) is 75.1 cm³/mol. The number of anilines is 1. The highest BCUT2D eigenvalue weighted by molar-refractivity contribution is 5.40. The molecule has 2 aromatic rings. The Hall–Kier alpha value is -1.80. The lowest BCUT2D eigenvalue weighted by Crippen LogP contribution is -2.29. The Morgan fingerprint density at radius 2 is 1.83 bits per heavy atom. The minimum Gasteiger partial charge on any atom is -0.399 e. The van der Waals surface area contributed by atoms with Crippen molar-refractivity contribution < 1.29 is 0 Å². The van der Waals surface area contributed by atoms with Gasteiger partial charge in [0.25, 0.3) is 0 Å². The Morgan fingerprint density at radius 3 is 2.67 bits per heavy atom. The van der Waals surface area contributed by atoms with Gasteiger partial charge in [0.2, 0.25) is 0 Å². The van der Waals surface area contributed by atoms with Crippen molar-refractivity contribution >= 4 is 5.69 Å². The molecule has 0 bridgehead atoms. The fourth-order valence-electron chi connectivity index (χ4n) is 2.64. The first-order valence-corrected chi connectivity index (χ1v) is 6.45. The van der Waals surface area contributed by atoms with Gasteiger partial charge in [0.05, 0.1) is 0 Å². The van der Waals surface area contributed by atoms with Crippen LogP contribution < -0.4 is 5.73 Å². The molecule has 0 amide bonds. The van der Waals surface area contributed by atoms with Crippen LogP contribution in [-0.2, 0) is 19.5 Å². The van der Waals surface area contributed by atoms with Crippen molar-refractivity contribution in [2.75, 3.05) is 12.3 Å². The quantitative estimate of drug-likeness (QED) is 0.815. The van der Waals surface area contributed by atoms with E-state index < -0.39 is 0 Å². The molecule has 1 aliphatic heterocycles. The molecule has 1 aliphatic rings. The first-order valence-electron chi connectivity index (χ1n) is 6.45. The van der Waals surface area contributed by atoms with Crippen molar-refractivity contribution in [2.45, 2.75) is 19.5 Å². The van der Waals surface area contributed by atoms with Crippen LogP contribution in [0.25, 0.3) is 0 Å². The van der Waals surface area contributed by atoms with Crippen LogP contribution in [0, 0.1) is 0 Å². The average molecular weight is 238 g/mol. The smallest absolute Gasteiger partial charge is 0.0317 e. The van der Waals surface area contributed by atoms with Gasteiger partial charge in [-0.2, -0.15) is 0 Å². The van der Waals surface area contributed by atoms with Crippen LogP contribution in [0.2, 0.25) is 0 Å². The molecule has 0 saturated carbocycles. The molecule has 0 atom stereocenters. The molecule has 0 spiro atoms. The Labute approximate surface area is 108 Å². The van der Waals surface area contributed by atoms with Gasteiger partial charge in [-0.15, -0.1) is 0 Å². The Kier molecular flexibility index (Phi) is 3.03. The number of nitrogens with two attached hydrogens (primary N) is 1. The molecule has 92 valence electrons. The summed E-state index contributed by atoms with van der Waals surface area (Å²) < 4.78 is 0. The van der Waals surface area contributed by atoms with E-state index in [1.165, 1.54) is 16.7 Å². The Bertz CT molecular complexity index is 548. The highest BCUT2D eigenvalue weighted by atomic mass is 15.1. The lowest BCUT2D eigenvalue weighted by Gasteiger charge is -2.28. The van der Waals surface area contributed by atoms with Crippen molar-refractivity contribution in [3.05, 3.63) is 65.2 Å². The molecule has 0 radical (unpaired) electrons. The molecular weight excluding hydrogens is 220 g/mol. The van der Waals surface area contributed by atoms with E-state index in [9.17, 15) is 0 Å². The summed E-state index contributed by atoms with van der Waals surface area (Å²) in [5.74, 6) is 0. The van der Waals surface area contributed by atoms with E-state index in [-0.39, 0.29) is 0 Å². The van der Waals surface area contributed by atoms with Gasteiger partial charge in [-0.3, -0.25) is 4.90 Å². The van der Waals surface area contributed by atoms with Crippen LogP contribution >= 0.6 is 0 Å². The number of hydrogen-bond donors (Lipinski definition) is 1. The fourth-order valence-corrected chi connectivity index (χ4v) is 2.64. The molecule has 0 unspecified atom stereocenters. The zero-order valence-corrected chi connectivity index (χ0v) is 10.5. The summed E-state index contributed by atoms with van der Waals surface area (Å²) in [6, 6.07) is 16.9. The van der Waals surface area contributed by atoms with Crippen LogP contribution in [0.3, 0.4) is 0 Å². The molecule has 1 heterocycles. The van der Waals surface area contributed by atoms with Crippen LogP contribution in [0.4, 0.5) is 5.69 Å². The topological polar surface area (TPSA) is 29.3 Å². The van der Waals surface area contributed by atoms with E-state index in [0.29, 0.717) is 0 Å². The number of nitrogens with zero attached hydrogens (tertiary/aromatic N) is 1. The largest absolute Gasteiger partial charge is 0.399 e. The van der Waals surface area contributed by atoms with Gasteiger partial charge in [0.15, 0.2) is 0 Å². The van der Waals surface area contributed by atoms with E-state index in [4.69, 9.17) is 5.73 Å². The summed E-state index contributed by atoms with van der Waals surface area (Å²) in [6.45, 7) is 3.16. The maximum atomic E-state index is 5.82. The monoisotopic (exact) mass is 238 g/mol. The van der Waals surface area contributed by atoms with E-state index in [1.807, 2.05) is 12.1 Å². The SMILES string of the molecule is Nc1cccc(CN2CCc3ccccc3C2)c1. The van der Waals surface area contributed by atoms with Crippen molar-refractivity contribution in [1.29, 1.82) is 0 Å². The third kappa shape index (κ3) is 2.39. The highest BCUT2D eigenvalue weighted by Crippen LogP contribution is 2.20. The van der Waals surface area contributed by atoms with E-state index in [1.54, 1.807) is 0 Å². The number of nitrogen functional groups attached to an aromatic ring is 1. The Morgan fingerprint density at radius 1 is 1.00 bits per heavy atom. The molecule has 2 aromatic carbocycles. The fraction of sp³-hybridized carbons (Fsp3) is 0.250. The van der Waals surface area contributed by atoms with Gasteiger partial charge in [0, 0.05) is 25.3 Å². The average Bonchev–Trinajstić information content (AvgIpc) is 2.39. The molecular formula is C16H18N2. The molecule has 18 heavy (non-hydrogen) atoms. The van der Waals surface area contributed by atoms with E-state index in [0.717, 1.165) is 31.7 Å². The first kappa shape index (κ1) is 11.3. The Balaban J connectivity index is 1.73. The van der Waals surface area contributed by atoms with Gasteiger partial charge in [0.1, 0.15) is 0 Å². The number of fused-ring (bicyclic) bond motifs is 1. The predicted octanol–water partition coefficient (Wildman–Crippen LogP) is 2.83. The lowest BCUT2D eigenvalue weighted by molar-refractivity contribution is 0.245. The number of hydrogen-bond acceptors (Lipinski definition) is 2. The summed E-state index contributed by atoms with van der Waals surface area (Å²) in [5.41, 5.74) is 10.9. The second kappa shape index (κ2) is 4.83. The summed E-state index contributed by atoms with van der Waals surface area (Å²) in [7, 11) is 0. The van der Waals surface area contributed by atoms with Crippen LogP contribution in [0.15, 0.2) is 48.5 Å². The minimum atomic E-state index is 0.852. The third-order valence-electron chi connectivity index (χ3n) is 3.57. The summed E-state index contributed by atoms with van der Waals surface area (Å²) in [6.07, 6.45) is 1.15. The second-order valence-corrected chi connectivity index (χ2v) is 4.97. The first-order chi connectivity index (χ1) is 8.81. The van der Waals surface area contributed by atoms with Gasteiger partial charge >= 0.3 is 0 Å². The minimum absolute atomic E-state index is 0.852. The molecule has 2 N–H and O–H groups in total. The zero-order valence-electron chi connectivity index (χ0n) is 10.5. The van der Waals surface area contributed by atoms with Crippen molar-refractivity contribution in [1.82, 2.24) is 4.90 Å². The maximum Gasteiger partial charge on any atom is 0.0317 e. The van der Waals surface area contributed by atoms with E-state index in [2.05, 4.69) is 41.3 Å². The molecule has 0 saturated heterocycles. The molecule has 0 aliphatic carbocycles.